The van der Waals surface area contributed by atoms with Gasteiger partial charge >= 0.3 is 0 Å². The molecule has 0 fully saturated rings. The van der Waals surface area contributed by atoms with Gasteiger partial charge in [0.05, 0.1) is 6.20 Å². The minimum Gasteiger partial charge on any atom is -0.503 e. The van der Waals surface area contributed by atoms with Gasteiger partial charge in [-0.2, -0.15) is 0 Å². The van der Waals surface area contributed by atoms with Crippen LogP contribution in [0.15, 0.2) is 47.4 Å². The van der Waals surface area contributed by atoms with Gasteiger partial charge in [0.25, 0.3) is 0 Å². The van der Waals surface area contributed by atoms with E-state index in [0.717, 1.165) is 25.2 Å². The van der Waals surface area contributed by atoms with Gasteiger partial charge in [0.2, 0.25) is 5.43 Å². The molecule has 1 heterocycles. The average Bonchev–Trinajstić information content (AvgIpc) is 2.57. The normalized spacial score (nSPS) is 12.5. The van der Waals surface area contributed by atoms with Crippen molar-refractivity contribution in [2.75, 3.05) is 6.54 Å². The summed E-state index contributed by atoms with van der Waals surface area (Å²) in [6.45, 7) is 8.74. The first-order valence-electron chi connectivity index (χ1n) is 8.25. The SMILES string of the molecule is CCC(C)n1cc(O)c(=O)cc1CN(CC)Cc1ccccc1. The second kappa shape index (κ2) is 7.97. The zero-order valence-electron chi connectivity index (χ0n) is 14.2. The lowest BCUT2D eigenvalue weighted by Crippen LogP contribution is -2.26. The lowest BCUT2D eigenvalue weighted by Gasteiger charge is -2.25. The van der Waals surface area contributed by atoms with Crippen molar-refractivity contribution in [2.24, 2.45) is 0 Å². The molecule has 0 aliphatic rings. The topological polar surface area (TPSA) is 45.5 Å². The van der Waals surface area contributed by atoms with Gasteiger partial charge in [0.15, 0.2) is 5.75 Å². The lowest BCUT2D eigenvalue weighted by molar-refractivity contribution is 0.259. The van der Waals surface area contributed by atoms with Crippen molar-refractivity contribution in [2.45, 2.75) is 46.3 Å². The second-order valence-corrected chi connectivity index (χ2v) is 5.97. The lowest BCUT2D eigenvalue weighted by atomic mass is 10.2. The Hall–Kier alpha value is -2.07. The van der Waals surface area contributed by atoms with Crippen molar-refractivity contribution in [3.63, 3.8) is 0 Å². The summed E-state index contributed by atoms with van der Waals surface area (Å²) in [5.41, 5.74) is 1.89. The molecule has 4 nitrogen and oxygen atoms in total. The van der Waals surface area contributed by atoms with Gasteiger partial charge in [-0.1, -0.05) is 44.2 Å². The fraction of sp³-hybridized carbons (Fsp3) is 0.421. The molecule has 0 amide bonds. The molecule has 0 bridgehead atoms. The smallest absolute Gasteiger partial charge is 0.223 e. The third kappa shape index (κ3) is 4.45. The number of rotatable bonds is 7. The highest BCUT2D eigenvalue weighted by Crippen LogP contribution is 2.18. The summed E-state index contributed by atoms with van der Waals surface area (Å²) in [6.07, 6.45) is 2.52. The highest BCUT2D eigenvalue weighted by atomic mass is 16.3. The molecule has 0 saturated carbocycles. The van der Waals surface area contributed by atoms with Crippen LogP contribution in [0.4, 0.5) is 0 Å². The molecule has 1 atom stereocenters. The van der Waals surface area contributed by atoms with Crippen molar-refractivity contribution in [3.05, 3.63) is 64.1 Å². The fourth-order valence-corrected chi connectivity index (χ4v) is 2.66. The van der Waals surface area contributed by atoms with Gasteiger partial charge < -0.3 is 9.67 Å². The van der Waals surface area contributed by atoms with Gasteiger partial charge in [-0.05, 0) is 25.5 Å². The van der Waals surface area contributed by atoms with E-state index in [4.69, 9.17) is 0 Å². The quantitative estimate of drug-likeness (QED) is 0.850. The molecular formula is C19H26N2O2. The summed E-state index contributed by atoms with van der Waals surface area (Å²) in [5.74, 6) is -0.180. The first kappa shape index (κ1) is 17.3. The molecule has 0 aliphatic heterocycles. The molecule has 1 N–H and O–H groups in total. The summed E-state index contributed by atoms with van der Waals surface area (Å²) in [5, 5.41) is 9.75. The minimum atomic E-state index is -0.310. The van der Waals surface area contributed by atoms with Crippen LogP contribution >= 0.6 is 0 Å². The van der Waals surface area contributed by atoms with E-state index in [-0.39, 0.29) is 17.2 Å². The molecule has 1 unspecified atom stereocenters. The third-order valence-electron chi connectivity index (χ3n) is 4.29. The van der Waals surface area contributed by atoms with Crippen LogP contribution in [0.2, 0.25) is 0 Å². The van der Waals surface area contributed by atoms with Crippen LogP contribution in [-0.4, -0.2) is 21.1 Å². The Bertz CT molecular complexity index is 680. The van der Waals surface area contributed by atoms with E-state index in [9.17, 15) is 9.90 Å². The van der Waals surface area contributed by atoms with Gasteiger partial charge in [-0.3, -0.25) is 9.69 Å². The summed E-state index contributed by atoms with van der Waals surface area (Å²) in [7, 11) is 0. The first-order chi connectivity index (χ1) is 11.0. The van der Waals surface area contributed by atoms with E-state index in [1.54, 1.807) is 12.3 Å². The monoisotopic (exact) mass is 314 g/mol. The van der Waals surface area contributed by atoms with Crippen LogP contribution in [0.25, 0.3) is 0 Å². The van der Waals surface area contributed by atoms with Crippen molar-refractivity contribution >= 4 is 0 Å². The third-order valence-corrected chi connectivity index (χ3v) is 4.29. The summed E-state index contributed by atoms with van der Waals surface area (Å²) >= 11 is 0. The Kier molecular flexibility index (Phi) is 5.99. The maximum absolute atomic E-state index is 11.8. The molecule has 0 radical (unpaired) electrons. The summed E-state index contributed by atoms with van der Waals surface area (Å²) < 4.78 is 2.02. The number of hydrogen-bond acceptors (Lipinski definition) is 3. The largest absolute Gasteiger partial charge is 0.503 e. The maximum Gasteiger partial charge on any atom is 0.223 e. The number of benzene rings is 1. The number of pyridine rings is 1. The molecule has 0 saturated heterocycles. The number of aromatic nitrogens is 1. The second-order valence-electron chi connectivity index (χ2n) is 5.97. The number of aromatic hydroxyl groups is 1. The van der Waals surface area contributed by atoms with Gasteiger partial charge in [-0.15, -0.1) is 0 Å². The average molecular weight is 314 g/mol. The highest BCUT2D eigenvalue weighted by Gasteiger charge is 2.13. The van der Waals surface area contributed by atoms with Crippen LogP contribution in [0.5, 0.6) is 5.75 Å². The zero-order valence-corrected chi connectivity index (χ0v) is 14.2. The zero-order chi connectivity index (χ0) is 16.8. The molecule has 0 aliphatic carbocycles. The van der Waals surface area contributed by atoms with Gasteiger partial charge in [-0.25, -0.2) is 0 Å². The molecule has 4 heteroatoms. The molecule has 23 heavy (non-hydrogen) atoms. The van der Waals surface area contributed by atoms with Crippen molar-refractivity contribution in [3.8, 4) is 5.75 Å². The molecule has 1 aromatic heterocycles. The van der Waals surface area contributed by atoms with Gasteiger partial charge in [0.1, 0.15) is 0 Å². The Morgan fingerprint density at radius 3 is 2.48 bits per heavy atom. The molecule has 2 aromatic rings. The van der Waals surface area contributed by atoms with E-state index >= 15 is 0 Å². The summed E-state index contributed by atoms with van der Waals surface area (Å²) in [4.78, 5) is 14.1. The number of hydrogen-bond donors (Lipinski definition) is 1. The van der Waals surface area contributed by atoms with Crippen LogP contribution in [0.3, 0.4) is 0 Å². The minimum absolute atomic E-state index is 0.180. The van der Waals surface area contributed by atoms with E-state index in [1.807, 2.05) is 22.8 Å². The van der Waals surface area contributed by atoms with Gasteiger partial charge in [0, 0.05) is 30.9 Å². The van der Waals surface area contributed by atoms with Crippen LogP contribution in [-0.2, 0) is 13.1 Å². The Labute approximate surface area is 138 Å². The molecule has 0 spiro atoms. The summed E-state index contributed by atoms with van der Waals surface area (Å²) in [6, 6.07) is 12.1. The molecule has 124 valence electrons. The van der Waals surface area contributed by atoms with E-state index in [1.165, 1.54) is 5.56 Å². The molecular weight excluding hydrogens is 288 g/mol. The predicted octanol–water partition coefficient (Wildman–Crippen LogP) is 3.55. The van der Waals surface area contributed by atoms with E-state index in [2.05, 4.69) is 37.8 Å². The van der Waals surface area contributed by atoms with Crippen molar-refractivity contribution < 1.29 is 5.11 Å². The standard InChI is InChI=1S/C19H26N2O2/c1-4-15(3)21-14-19(23)18(22)11-17(21)13-20(5-2)12-16-9-7-6-8-10-16/h6-11,14-15,23H,4-5,12-13H2,1-3H3. The maximum atomic E-state index is 11.8. The van der Waals surface area contributed by atoms with Crippen LogP contribution in [0, 0.1) is 0 Å². The fourth-order valence-electron chi connectivity index (χ4n) is 2.66. The van der Waals surface area contributed by atoms with E-state index < -0.39 is 0 Å². The van der Waals surface area contributed by atoms with Crippen molar-refractivity contribution in [1.82, 2.24) is 9.47 Å². The Morgan fingerprint density at radius 2 is 1.87 bits per heavy atom. The van der Waals surface area contributed by atoms with Crippen LogP contribution < -0.4 is 5.43 Å². The van der Waals surface area contributed by atoms with Crippen molar-refractivity contribution in [1.29, 1.82) is 0 Å². The first-order valence-corrected chi connectivity index (χ1v) is 8.25. The molecule has 1 aromatic carbocycles. The van der Waals surface area contributed by atoms with Crippen LogP contribution in [0.1, 0.15) is 44.5 Å². The number of nitrogens with zero attached hydrogens (tertiary/aromatic N) is 2. The van der Waals surface area contributed by atoms with E-state index in [0.29, 0.717) is 6.54 Å². The Morgan fingerprint density at radius 1 is 1.17 bits per heavy atom. The Balaban J connectivity index is 2.26. The predicted molar refractivity (Wildman–Crippen MR) is 93.6 cm³/mol. The highest BCUT2D eigenvalue weighted by molar-refractivity contribution is 5.21. The molecule has 2 rings (SSSR count).